The quantitative estimate of drug-likeness (QED) is 0.405. The van der Waals surface area contributed by atoms with E-state index < -0.39 is 33.9 Å². The number of alkyl halides is 3. The minimum Gasteiger partial charge on any atom is -0.496 e. The molecule has 2 fully saturated rings. The highest BCUT2D eigenvalue weighted by molar-refractivity contribution is 7.91. The lowest BCUT2D eigenvalue weighted by atomic mass is 9.89. The fourth-order valence-corrected chi connectivity index (χ4v) is 6.61. The first-order valence-corrected chi connectivity index (χ1v) is 15.2. The molecule has 0 aliphatic heterocycles. The normalized spacial score (nSPS) is 20.9. The number of aromatic nitrogens is 3. The Hall–Kier alpha value is -2.54. The van der Waals surface area contributed by atoms with Crippen molar-refractivity contribution in [2.45, 2.75) is 75.4 Å². The second kappa shape index (κ2) is 11.1. The van der Waals surface area contributed by atoms with Crippen LogP contribution in [0.3, 0.4) is 0 Å². The number of rotatable bonds is 10. The van der Waals surface area contributed by atoms with Gasteiger partial charge in [0.2, 0.25) is 0 Å². The highest BCUT2D eigenvalue weighted by atomic mass is 35.5. The van der Waals surface area contributed by atoms with Gasteiger partial charge in [-0.1, -0.05) is 11.6 Å². The van der Waals surface area contributed by atoms with E-state index in [-0.39, 0.29) is 27.7 Å². The summed E-state index contributed by atoms with van der Waals surface area (Å²) < 4.78 is 69.6. The van der Waals surface area contributed by atoms with Gasteiger partial charge in [-0.05, 0) is 51.4 Å². The molecule has 2 saturated carbocycles. The Kier molecular flexibility index (Phi) is 8.42. The number of pyridine rings is 1. The number of sulfone groups is 1. The first-order chi connectivity index (χ1) is 18.2. The number of nitrogens with zero attached hydrogens (tertiary/aromatic N) is 3. The maximum atomic E-state index is 13.0. The van der Waals surface area contributed by atoms with E-state index in [9.17, 15) is 26.4 Å². The van der Waals surface area contributed by atoms with Crippen molar-refractivity contribution >= 4 is 33.2 Å². The number of methoxy groups -OCH3 is 1. The lowest BCUT2D eigenvalue weighted by molar-refractivity contribution is -0.138. The predicted octanol–water partition coefficient (Wildman–Crippen LogP) is 4.86. The summed E-state index contributed by atoms with van der Waals surface area (Å²) in [4.78, 5) is 17.3. The van der Waals surface area contributed by atoms with Crippen LogP contribution < -0.4 is 15.4 Å². The average molecular weight is 592 g/mol. The molecule has 2 aromatic rings. The van der Waals surface area contributed by atoms with E-state index in [0.29, 0.717) is 68.6 Å². The molecule has 0 saturated heterocycles. The minimum atomic E-state index is -4.29. The highest BCUT2D eigenvalue weighted by Gasteiger charge is 2.51. The number of carbonyl (C=O) groups is 1. The molecule has 216 valence electrons. The molecular weight excluding hydrogens is 559 g/mol. The number of ether oxygens (including phenoxy) is 1. The summed E-state index contributed by atoms with van der Waals surface area (Å²) in [6, 6.07) is 1.52. The minimum absolute atomic E-state index is 0.0321. The van der Waals surface area contributed by atoms with Gasteiger partial charge in [-0.3, -0.25) is 9.48 Å². The Morgan fingerprint density at radius 2 is 1.92 bits per heavy atom. The van der Waals surface area contributed by atoms with Crippen molar-refractivity contribution in [1.82, 2.24) is 20.1 Å². The van der Waals surface area contributed by atoms with E-state index in [0.717, 1.165) is 0 Å². The van der Waals surface area contributed by atoms with E-state index in [4.69, 9.17) is 16.3 Å². The van der Waals surface area contributed by atoms with E-state index in [1.54, 1.807) is 4.68 Å². The van der Waals surface area contributed by atoms with Crippen LogP contribution in [0.5, 0.6) is 5.75 Å². The predicted molar refractivity (Wildman–Crippen MR) is 142 cm³/mol. The number of hydrogen-bond donors (Lipinski definition) is 2. The van der Waals surface area contributed by atoms with Crippen LogP contribution in [0.1, 0.15) is 62.4 Å². The number of anilines is 1. The maximum Gasteiger partial charge on any atom is 0.391 e. The van der Waals surface area contributed by atoms with Crippen molar-refractivity contribution in [3.63, 3.8) is 0 Å². The molecule has 0 atom stereocenters. The zero-order valence-electron chi connectivity index (χ0n) is 22.1. The monoisotopic (exact) mass is 591 g/mol. The van der Waals surface area contributed by atoms with Gasteiger partial charge in [-0.25, -0.2) is 13.4 Å². The third-order valence-corrected chi connectivity index (χ3v) is 9.53. The summed E-state index contributed by atoms with van der Waals surface area (Å²) in [5.41, 5.74) is -0.174. The van der Waals surface area contributed by atoms with Gasteiger partial charge in [-0.15, -0.1) is 0 Å². The van der Waals surface area contributed by atoms with Gasteiger partial charge in [-0.2, -0.15) is 18.3 Å². The van der Waals surface area contributed by atoms with Crippen LogP contribution in [0.2, 0.25) is 5.02 Å². The highest BCUT2D eigenvalue weighted by Crippen LogP contribution is 2.47. The van der Waals surface area contributed by atoms with Crippen LogP contribution in [-0.4, -0.2) is 66.0 Å². The van der Waals surface area contributed by atoms with Crippen molar-refractivity contribution in [2.24, 2.45) is 5.92 Å². The summed E-state index contributed by atoms with van der Waals surface area (Å²) in [7, 11) is -1.64. The number of carbonyl (C=O) groups excluding carboxylic acids is 1. The van der Waals surface area contributed by atoms with Crippen molar-refractivity contribution in [3.05, 3.63) is 23.0 Å². The summed E-state index contributed by atoms with van der Waals surface area (Å²) in [6.07, 6.45) is 0.806. The van der Waals surface area contributed by atoms with E-state index in [2.05, 4.69) is 20.7 Å². The molecule has 39 heavy (non-hydrogen) atoms. The van der Waals surface area contributed by atoms with Crippen molar-refractivity contribution < 1.29 is 31.1 Å². The Bertz CT molecular complexity index is 1320. The lowest BCUT2D eigenvalue weighted by Gasteiger charge is -2.27. The molecule has 2 heterocycles. The molecule has 9 nitrogen and oxygen atoms in total. The van der Waals surface area contributed by atoms with E-state index in [1.807, 2.05) is 6.92 Å². The third kappa shape index (κ3) is 6.97. The number of hydrogen-bond acceptors (Lipinski definition) is 7. The Labute approximate surface area is 230 Å². The van der Waals surface area contributed by atoms with Gasteiger partial charge in [0.05, 0.1) is 35.1 Å². The second-order valence-corrected chi connectivity index (χ2v) is 13.2. The Morgan fingerprint density at radius 3 is 2.46 bits per heavy atom. The van der Waals surface area contributed by atoms with Gasteiger partial charge in [0.15, 0.2) is 5.69 Å². The zero-order chi connectivity index (χ0) is 28.6. The zero-order valence-corrected chi connectivity index (χ0v) is 23.6. The molecule has 0 unspecified atom stereocenters. The molecule has 0 radical (unpaired) electrons. The number of nitrogens with one attached hydrogen (secondary N) is 2. The maximum absolute atomic E-state index is 13.0. The van der Waals surface area contributed by atoms with Crippen LogP contribution >= 0.6 is 11.6 Å². The summed E-state index contributed by atoms with van der Waals surface area (Å²) in [5, 5.41) is 9.94. The fraction of sp³-hybridized carbons (Fsp3) is 0.640. The second-order valence-electron chi connectivity index (χ2n) is 10.5. The molecule has 4 rings (SSSR count). The topological polar surface area (TPSA) is 115 Å². The lowest BCUT2D eigenvalue weighted by Crippen LogP contribution is -2.34. The molecule has 14 heteroatoms. The molecule has 2 N–H and O–H groups in total. The summed E-state index contributed by atoms with van der Waals surface area (Å²) in [5.74, 6) is 0.280. The smallest absolute Gasteiger partial charge is 0.391 e. The van der Waals surface area contributed by atoms with Crippen LogP contribution in [-0.2, 0) is 16.4 Å². The van der Waals surface area contributed by atoms with Gasteiger partial charge in [0.1, 0.15) is 21.4 Å². The van der Waals surface area contributed by atoms with Crippen LogP contribution in [0, 0.1) is 5.92 Å². The first-order valence-electron chi connectivity index (χ1n) is 12.9. The molecule has 0 bridgehead atoms. The molecule has 1 amide bonds. The Morgan fingerprint density at radius 1 is 1.26 bits per heavy atom. The molecule has 2 aromatic heterocycles. The summed E-state index contributed by atoms with van der Waals surface area (Å²) >= 11 is 6.65. The van der Waals surface area contributed by atoms with Crippen molar-refractivity contribution in [1.29, 1.82) is 0 Å². The average Bonchev–Trinajstić information content (AvgIpc) is 3.52. The molecular formula is C25H33ClF3N5O4S. The Balaban J connectivity index is 1.49. The third-order valence-electron chi connectivity index (χ3n) is 7.49. The summed E-state index contributed by atoms with van der Waals surface area (Å²) in [6.45, 7) is 2.60. The SMILES string of the molecule is CCn1nc(C(=O)NCC2CCC(S(C)(=O)=O)CC2)c(Cl)c1-c1cnc(NC2(CC(F)(F)F)CC2)cc1OC. The van der Waals surface area contributed by atoms with Crippen molar-refractivity contribution in [3.8, 4) is 17.0 Å². The number of aryl methyl sites for hydroxylation is 1. The van der Waals surface area contributed by atoms with E-state index >= 15 is 0 Å². The largest absolute Gasteiger partial charge is 0.496 e. The van der Waals surface area contributed by atoms with Gasteiger partial charge in [0.25, 0.3) is 5.91 Å². The van der Waals surface area contributed by atoms with Crippen LogP contribution in [0.4, 0.5) is 19.0 Å². The van der Waals surface area contributed by atoms with Crippen molar-refractivity contribution in [2.75, 3.05) is 25.2 Å². The number of amides is 1. The molecule has 2 aliphatic carbocycles. The molecule has 0 spiro atoms. The molecule has 0 aromatic carbocycles. The van der Waals surface area contributed by atoms with Gasteiger partial charge in [0, 0.05) is 37.1 Å². The molecule has 2 aliphatic rings. The van der Waals surface area contributed by atoms with E-state index in [1.165, 1.54) is 25.6 Å². The number of halogens is 4. The van der Waals surface area contributed by atoms with Crippen LogP contribution in [0.25, 0.3) is 11.3 Å². The standard InChI is InChI=1S/C25H33ClF3N5O4S/c1-4-34-22(17-13-30-19(11-18(17)38-2)32-24(9-10-24)14-25(27,28)29)20(26)21(33-34)23(35)31-12-15-5-7-16(8-6-15)39(3,36)37/h11,13,15-16H,4-10,12,14H2,1-3H3,(H,30,32)(H,31,35). The fourth-order valence-electron chi connectivity index (χ4n) is 5.16. The van der Waals surface area contributed by atoms with Gasteiger partial charge < -0.3 is 15.4 Å². The van der Waals surface area contributed by atoms with Gasteiger partial charge >= 0.3 is 6.18 Å². The van der Waals surface area contributed by atoms with Crippen LogP contribution in [0.15, 0.2) is 12.3 Å². The first kappa shape index (κ1) is 29.4.